The fourth-order valence-electron chi connectivity index (χ4n) is 3.13. The van der Waals surface area contributed by atoms with Crippen LogP contribution in [0.4, 0.5) is 0 Å². The van der Waals surface area contributed by atoms with Gasteiger partial charge in [-0.2, -0.15) is 0 Å². The minimum atomic E-state index is 0. The molecule has 4 nitrogen and oxygen atoms in total. The van der Waals surface area contributed by atoms with Crippen LogP contribution in [0.25, 0.3) is 0 Å². The summed E-state index contributed by atoms with van der Waals surface area (Å²) in [4.78, 5) is 14.6. The average Bonchev–Trinajstić information content (AvgIpc) is 2.53. The first kappa shape index (κ1) is 18.9. The van der Waals surface area contributed by atoms with Gasteiger partial charge in [-0.1, -0.05) is 31.4 Å². The molecule has 1 saturated carbocycles. The van der Waals surface area contributed by atoms with Crippen LogP contribution in [0.5, 0.6) is 0 Å². The molecule has 124 valence electrons. The SMILES string of the molecule is CN(C)C1(CNC(=O)c2ccc(CN)cc2)CCCCC1.Cl. The zero-order chi connectivity index (χ0) is 15.3. The molecule has 1 fully saturated rings. The highest BCUT2D eigenvalue weighted by Gasteiger charge is 2.34. The zero-order valence-corrected chi connectivity index (χ0v) is 14.4. The number of rotatable bonds is 5. The molecule has 1 aliphatic rings. The second-order valence-electron chi connectivity index (χ2n) is 6.26. The summed E-state index contributed by atoms with van der Waals surface area (Å²) in [7, 11) is 4.24. The third-order valence-corrected chi connectivity index (χ3v) is 4.76. The molecular formula is C17H28ClN3O. The Morgan fingerprint density at radius 3 is 2.27 bits per heavy atom. The first-order valence-electron chi connectivity index (χ1n) is 7.82. The maximum absolute atomic E-state index is 12.3. The van der Waals surface area contributed by atoms with Crippen molar-refractivity contribution in [1.29, 1.82) is 0 Å². The second-order valence-corrected chi connectivity index (χ2v) is 6.26. The van der Waals surface area contributed by atoms with E-state index in [-0.39, 0.29) is 23.9 Å². The molecule has 0 heterocycles. The van der Waals surface area contributed by atoms with Crippen LogP contribution in [0.1, 0.15) is 48.0 Å². The third kappa shape index (κ3) is 4.45. The molecule has 1 aromatic rings. The van der Waals surface area contributed by atoms with E-state index in [9.17, 15) is 4.79 Å². The number of carbonyl (C=O) groups excluding carboxylic acids is 1. The molecule has 3 N–H and O–H groups in total. The number of nitrogens with two attached hydrogens (primary N) is 1. The van der Waals surface area contributed by atoms with Crippen molar-refractivity contribution < 1.29 is 4.79 Å². The topological polar surface area (TPSA) is 58.4 Å². The minimum absolute atomic E-state index is 0. The van der Waals surface area contributed by atoms with Gasteiger partial charge in [0.1, 0.15) is 0 Å². The lowest BCUT2D eigenvalue weighted by atomic mass is 9.80. The number of amides is 1. The molecule has 0 unspecified atom stereocenters. The highest BCUT2D eigenvalue weighted by Crippen LogP contribution is 2.31. The monoisotopic (exact) mass is 325 g/mol. The number of nitrogens with one attached hydrogen (secondary N) is 1. The van der Waals surface area contributed by atoms with E-state index in [1.54, 1.807) is 0 Å². The molecule has 0 aromatic heterocycles. The van der Waals surface area contributed by atoms with Gasteiger partial charge in [-0.25, -0.2) is 0 Å². The van der Waals surface area contributed by atoms with Gasteiger partial charge >= 0.3 is 0 Å². The van der Waals surface area contributed by atoms with E-state index in [1.165, 1.54) is 19.3 Å². The minimum Gasteiger partial charge on any atom is -0.350 e. The van der Waals surface area contributed by atoms with Crippen molar-refractivity contribution in [2.75, 3.05) is 20.6 Å². The van der Waals surface area contributed by atoms with Crippen molar-refractivity contribution >= 4 is 18.3 Å². The van der Waals surface area contributed by atoms with Crippen molar-refractivity contribution in [3.05, 3.63) is 35.4 Å². The van der Waals surface area contributed by atoms with E-state index in [1.807, 2.05) is 24.3 Å². The zero-order valence-electron chi connectivity index (χ0n) is 13.6. The van der Waals surface area contributed by atoms with Gasteiger partial charge in [0.15, 0.2) is 0 Å². The standard InChI is InChI=1S/C17H27N3O.ClH/c1-20(2)17(10-4-3-5-11-17)13-19-16(21)15-8-6-14(12-18)7-9-15;/h6-9H,3-5,10-13,18H2,1-2H3,(H,19,21);1H. The van der Waals surface area contributed by atoms with E-state index >= 15 is 0 Å². The summed E-state index contributed by atoms with van der Waals surface area (Å²) < 4.78 is 0. The molecule has 0 bridgehead atoms. The summed E-state index contributed by atoms with van der Waals surface area (Å²) >= 11 is 0. The fraction of sp³-hybridized carbons (Fsp3) is 0.588. The van der Waals surface area contributed by atoms with Crippen molar-refractivity contribution in [1.82, 2.24) is 10.2 Å². The number of benzene rings is 1. The molecule has 1 aliphatic carbocycles. The highest BCUT2D eigenvalue weighted by molar-refractivity contribution is 5.94. The van der Waals surface area contributed by atoms with Crippen LogP contribution in [0.2, 0.25) is 0 Å². The number of carbonyl (C=O) groups is 1. The Morgan fingerprint density at radius 1 is 1.18 bits per heavy atom. The number of halogens is 1. The summed E-state index contributed by atoms with van der Waals surface area (Å²) in [6.07, 6.45) is 6.13. The first-order valence-corrected chi connectivity index (χ1v) is 7.82. The first-order chi connectivity index (χ1) is 10.1. The molecule has 0 spiro atoms. The van der Waals surface area contributed by atoms with Crippen LogP contribution in [0.3, 0.4) is 0 Å². The van der Waals surface area contributed by atoms with Crippen molar-refractivity contribution in [3.63, 3.8) is 0 Å². The number of likely N-dealkylation sites (N-methyl/N-ethyl adjacent to an activating group) is 1. The van der Waals surface area contributed by atoms with Crippen LogP contribution in [-0.2, 0) is 6.54 Å². The fourth-order valence-corrected chi connectivity index (χ4v) is 3.13. The smallest absolute Gasteiger partial charge is 0.251 e. The van der Waals surface area contributed by atoms with Crippen molar-refractivity contribution in [2.24, 2.45) is 5.73 Å². The third-order valence-electron chi connectivity index (χ3n) is 4.76. The van der Waals surface area contributed by atoms with E-state index < -0.39 is 0 Å². The second kappa shape index (κ2) is 8.51. The summed E-state index contributed by atoms with van der Waals surface area (Å²) in [5, 5.41) is 3.12. The predicted octanol–water partition coefficient (Wildman–Crippen LogP) is 2.56. The van der Waals surface area contributed by atoms with Gasteiger partial charge in [0.2, 0.25) is 0 Å². The molecule has 0 aliphatic heterocycles. The Kier molecular flexibility index (Phi) is 7.33. The lowest BCUT2D eigenvalue weighted by molar-refractivity contribution is 0.0799. The molecule has 0 saturated heterocycles. The molecule has 5 heteroatoms. The summed E-state index contributed by atoms with van der Waals surface area (Å²) in [6, 6.07) is 7.52. The molecule has 0 atom stereocenters. The number of hydrogen-bond donors (Lipinski definition) is 2. The Balaban J connectivity index is 0.00000242. The van der Waals surface area contributed by atoms with Crippen molar-refractivity contribution in [2.45, 2.75) is 44.2 Å². The normalized spacial score (nSPS) is 16.9. The predicted molar refractivity (Wildman–Crippen MR) is 93.4 cm³/mol. The van der Waals surface area contributed by atoms with Gasteiger partial charge in [-0.3, -0.25) is 4.79 Å². The molecule has 2 rings (SSSR count). The van der Waals surface area contributed by atoms with Crippen LogP contribution in [-0.4, -0.2) is 37.0 Å². The Labute approximate surface area is 139 Å². The van der Waals surface area contributed by atoms with E-state index in [0.29, 0.717) is 12.1 Å². The maximum atomic E-state index is 12.3. The van der Waals surface area contributed by atoms with Crippen LogP contribution in [0, 0.1) is 0 Å². The van der Waals surface area contributed by atoms with E-state index in [0.717, 1.165) is 24.9 Å². The summed E-state index contributed by atoms with van der Waals surface area (Å²) in [6.45, 7) is 1.23. The lowest BCUT2D eigenvalue weighted by Crippen LogP contribution is -2.53. The van der Waals surface area contributed by atoms with Gasteiger partial charge in [0.25, 0.3) is 5.91 Å². The van der Waals surface area contributed by atoms with Crippen molar-refractivity contribution in [3.8, 4) is 0 Å². The Morgan fingerprint density at radius 2 is 1.77 bits per heavy atom. The van der Waals surface area contributed by atoms with Gasteiger partial charge in [0, 0.05) is 24.2 Å². The number of nitrogens with zero attached hydrogens (tertiary/aromatic N) is 1. The van der Waals surface area contributed by atoms with Gasteiger partial charge in [0.05, 0.1) is 0 Å². The maximum Gasteiger partial charge on any atom is 0.251 e. The number of hydrogen-bond acceptors (Lipinski definition) is 3. The summed E-state index contributed by atoms with van der Waals surface area (Å²) in [5.74, 6) is 0.00497. The van der Waals surface area contributed by atoms with E-state index in [4.69, 9.17) is 5.73 Å². The lowest BCUT2D eigenvalue weighted by Gasteiger charge is -2.43. The highest BCUT2D eigenvalue weighted by atomic mass is 35.5. The molecular weight excluding hydrogens is 298 g/mol. The van der Waals surface area contributed by atoms with E-state index in [2.05, 4.69) is 24.3 Å². The van der Waals surface area contributed by atoms with Gasteiger partial charge in [-0.05, 0) is 44.6 Å². The quantitative estimate of drug-likeness (QED) is 0.874. The van der Waals surface area contributed by atoms with Crippen LogP contribution < -0.4 is 11.1 Å². The van der Waals surface area contributed by atoms with Crippen LogP contribution in [0.15, 0.2) is 24.3 Å². The van der Waals surface area contributed by atoms with Gasteiger partial charge < -0.3 is 16.0 Å². The van der Waals surface area contributed by atoms with Gasteiger partial charge in [-0.15, -0.1) is 12.4 Å². The Bertz CT molecular complexity index is 467. The molecule has 22 heavy (non-hydrogen) atoms. The molecule has 0 radical (unpaired) electrons. The molecule has 1 aromatic carbocycles. The average molecular weight is 326 g/mol. The summed E-state index contributed by atoms with van der Waals surface area (Å²) in [5.41, 5.74) is 7.44. The largest absolute Gasteiger partial charge is 0.350 e. The molecule has 1 amide bonds. The van der Waals surface area contributed by atoms with Crippen LogP contribution >= 0.6 is 12.4 Å². The Hall–Kier alpha value is -1.10.